The molecule has 6 nitrogen and oxygen atoms in total. The lowest BCUT2D eigenvalue weighted by Gasteiger charge is -2.12. The fraction of sp³-hybridized carbons (Fsp3) is 0.217. The Balaban J connectivity index is 1.44. The molecule has 1 aliphatic carbocycles. The highest BCUT2D eigenvalue weighted by molar-refractivity contribution is 7.17. The van der Waals surface area contributed by atoms with Crippen molar-refractivity contribution in [2.24, 2.45) is 0 Å². The van der Waals surface area contributed by atoms with Crippen LogP contribution < -0.4 is 14.8 Å². The number of hydrogen-bond donors (Lipinski definition) is 2. The maximum Gasteiger partial charge on any atom is 0.260 e. The molecular weight excluding hydrogens is 398 g/mol. The van der Waals surface area contributed by atoms with E-state index >= 15 is 0 Å². The minimum atomic E-state index is -0.201. The van der Waals surface area contributed by atoms with Gasteiger partial charge in [0, 0.05) is 4.88 Å². The van der Waals surface area contributed by atoms with Crippen LogP contribution in [0.15, 0.2) is 42.5 Å². The molecule has 1 aliphatic heterocycles. The molecule has 2 N–H and O–H groups in total. The molecule has 3 heterocycles. The summed E-state index contributed by atoms with van der Waals surface area (Å²) >= 11 is 1.66. The summed E-state index contributed by atoms with van der Waals surface area (Å²) in [6.07, 6.45) is 4.38. The number of anilines is 1. The van der Waals surface area contributed by atoms with Gasteiger partial charge in [-0.15, -0.1) is 11.3 Å². The Hall–Kier alpha value is -3.32. The number of imidazole rings is 1. The second kappa shape index (κ2) is 6.88. The van der Waals surface area contributed by atoms with Crippen LogP contribution in [0.4, 0.5) is 5.00 Å². The van der Waals surface area contributed by atoms with Gasteiger partial charge in [0.25, 0.3) is 5.91 Å². The molecule has 0 atom stereocenters. The van der Waals surface area contributed by atoms with Gasteiger partial charge in [0.1, 0.15) is 10.8 Å². The molecule has 7 heteroatoms. The summed E-state index contributed by atoms with van der Waals surface area (Å²) in [4.78, 5) is 22.8. The van der Waals surface area contributed by atoms with Crippen molar-refractivity contribution in [3.63, 3.8) is 0 Å². The first-order valence-electron chi connectivity index (χ1n) is 10.1. The zero-order valence-electron chi connectivity index (χ0n) is 16.2. The van der Waals surface area contributed by atoms with Crippen LogP contribution in [0.25, 0.3) is 22.4 Å². The van der Waals surface area contributed by atoms with Crippen molar-refractivity contribution in [1.82, 2.24) is 9.97 Å². The molecule has 2 aromatic heterocycles. The van der Waals surface area contributed by atoms with Gasteiger partial charge < -0.3 is 19.8 Å². The molecule has 2 aromatic carbocycles. The predicted octanol–water partition coefficient (Wildman–Crippen LogP) is 5.15. The van der Waals surface area contributed by atoms with Crippen LogP contribution in [0.3, 0.4) is 0 Å². The number of aromatic amines is 1. The van der Waals surface area contributed by atoms with E-state index in [9.17, 15) is 4.79 Å². The van der Waals surface area contributed by atoms with Crippen molar-refractivity contribution in [3.8, 4) is 22.9 Å². The summed E-state index contributed by atoms with van der Waals surface area (Å²) < 4.78 is 10.9. The Morgan fingerprint density at radius 3 is 2.90 bits per heavy atom. The van der Waals surface area contributed by atoms with Gasteiger partial charge in [0.15, 0.2) is 11.5 Å². The summed E-state index contributed by atoms with van der Waals surface area (Å²) in [6.45, 7) is 0.136. The Kier molecular flexibility index (Phi) is 4.02. The maximum absolute atomic E-state index is 13.2. The standard InChI is InChI=1S/C23H19N3O3S/c27-22(14-7-5-10-17-20(14)29-12-28-17)26-23-19(13-6-1-4-11-18(13)30-23)21-24-15-8-2-3-9-16(15)25-21/h2-3,5,7-10H,1,4,6,11-12H2,(H,24,25)(H,26,27). The molecule has 0 bridgehead atoms. The van der Waals surface area contributed by atoms with E-state index in [1.165, 1.54) is 16.9 Å². The maximum atomic E-state index is 13.2. The molecule has 0 unspecified atom stereocenters. The third kappa shape index (κ3) is 2.77. The number of carbonyl (C=O) groups is 1. The van der Waals surface area contributed by atoms with Gasteiger partial charge in [0.05, 0.1) is 22.2 Å². The second-order valence-corrected chi connectivity index (χ2v) is 8.62. The monoisotopic (exact) mass is 417 g/mol. The molecule has 1 amide bonds. The van der Waals surface area contributed by atoms with Gasteiger partial charge in [-0.2, -0.15) is 0 Å². The zero-order valence-corrected chi connectivity index (χ0v) is 17.0. The van der Waals surface area contributed by atoms with E-state index in [0.717, 1.165) is 46.7 Å². The highest BCUT2D eigenvalue weighted by Gasteiger charge is 2.27. The first kappa shape index (κ1) is 17.5. The molecule has 30 heavy (non-hydrogen) atoms. The largest absolute Gasteiger partial charge is 0.454 e. The Morgan fingerprint density at radius 2 is 1.97 bits per heavy atom. The van der Waals surface area contributed by atoms with Crippen molar-refractivity contribution < 1.29 is 14.3 Å². The van der Waals surface area contributed by atoms with E-state index in [0.29, 0.717) is 17.1 Å². The predicted molar refractivity (Wildman–Crippen MR) is 117 cm³/mol. The number of carbonyl (C=O) groups excluding carboxylic acids is 1. The number of nitrogens with one attached hydrogen (secondary N) is 2. The van der Waals surface area contributed by atoms with Gasteiger partial charge >= 0.3 is 0 Å². The van der Waals surface area contributed by atoms with Crippen molar-refractivity contribution in [1.29, 1.82) is 0 Å². The number of aromatic nitrogens is 2. The number of aryl methyl sites for hydroxylation is 1. The van der Waals surface area contributed by atoms with Gasteiger partial charge in [-0.05, 0) is 55.5 Å². The number of rotatable bonds is 3. The van der Waals surface area contributed by atoms with Crippen LogP contribution in [0.1, 0.15) is 33.6 Å². The topological polar surface area (TPSA) is 76.2 Å². The number of amides is 1. The summed E-state index contributed by atoms with van der Waals surface area (Å²) in [5, 5.41) is 3.98. The van der Waals surface area contributed by atoms with E-state index < -0.39 is 0 Å². The van der Waals surface area contributed by atoms with Crippen LogP contribution >= 0.6 is 11.3 Å². The highest BCUT2D eigenvalue weighted by atomic mass is 32.1. The van der Waals surface area contributed by atoms with E-state index in [4.69, 9.17) is 14.5 Å². The number of nitrogens with zero attached hydrogens (tertiary/aromatic N) is 1. The normalized spacial score (nSPS) is 14.7. The van der Waals surface area contributed by atoms with Gasteiger partial charge in [-0.1, -0.05) is 18.2 Å². The smallest absolute Gasteiger partial charge is 0.260 e. The first-order chi connectivity index (χ1) is 14.8. The molecule has 0 saturated heterocycles. The third-order valence-corrected chi connectivity index (χ3v) is 6.87. The van der Waals surface area contributed by atoms with Crippen molar-refractivity contribution in [3.05, 3.63) is 58.5 Å². The van der Waals surface area contributed by atoms with Gasteiger partial charge in [-0.25, -0.2) is 4.98 Å². The van der Waals surface area contributed by atoms with Crippen LogP contribution in [0.2, 0.25) is 0 Å². The second-order valence-electron chi connectivity index (χ2n) is 7.51. The van der Waals surface area contributed by atoms with E-state index in [2.05, 4.69) is 10.3 Å². The molecule has 0 radical (unpaired) electrons. The lowest BCUT2D eigenvalue weighted by Crippen LogP contribution is -2.12. The minimum Gasteiger partial charge on any atom is -0.454 e. The molecule has 0 fully saturated rings. The molecule has 4 aromatic rings. The van der Waals surface area contributed by atoms with Crippen LogP contribution in [-0.2, 0) is 12.8 Å². The number of fused-ring (bicyclic) bond motifs is 3. The average molecular weight is 417 g/mol. The first-order valence-corrected chi connectivity index (χ1v) is 10.9. The number of ether oxygens (including phenoxy) is 2. The quantitative estimate of drug-likeness (QED) is 0.483. The lowest BCUT2D eigenvalue weighted by atomic mass is 9.95. The molecule has 150 valence electrons. The number of hydrogen-bond acceptors (Lipinski definition) is 5. The molecule has 0 saturated carbocycles. The number of para-hydroxylation sites is 3. The van der Waals surface area contributed by atoms with Crippen LogP contribution in [0, 0.1) is 0 Å². The Labute approximate surface area is 176 Å². The number of benzene rings is 2. The van der Waals surface area contributed by atoms with E-state index in [-0.39, 0.29) is 12.7 Å². The van der Waals surface area contributed by atoms with Crippen molar-refractivity contribution in [2.45, 2.75) is 25.7 Å². The number of thiophene rings is 1. The molecule has 2 aliphatic rings. The minimum absolute atomic E-state index is 0.136. The zero-order chi connectivity index (χ0) is 20.1. The van der Waals surface area contributed by atoms with Crippen molar-refractivity contribution in [2.75, 3.05) is 12.1 Å². The van der Waals surface area contributed by atoms with Crippen LogP contribution in [0.5, 0.6) is 11.5 Å². The summed E-state index contributed by atoms with van der Waals surface area (Å²) in [5.41, 5.74) is 4.72. The number of H-pyrrole nitrogens is 1. The summed E-state index contributed by atoms with van der Waals surface area (Å²) in [6, 6.07) is 13.4. The SMILES string of the molecule is O=C(Nc1sc2c(c1-c1nc3ccccc3[nH]1)CCCC2)c1cccc2c1OCO2. The third-order valence-electron chi connectivity index (χ3n) is 5.67. The fourth-order valence-corrected chi connectivity index (χ4v) is 5.54. The van der Waals surface area contributed by atoms with Gasteiger partial charge in [0.2, 0.25) is 6.79 Å². The van der Waals surface area contributed by atoms with Gasteiger partial charge in [-0.3, -0.25) is 4.79 Å². The Bertz CT molecular complexity index is 1260. The highest BCUT2D eigenvalue weighted by Crippen LogP contribution is 2.44. The average Bonchev–Trinajstić information content (AvgIpc) is 3.48. The fourth-order valence-electron chi connectivity index (χ4n) is 4.26. The van der Waals surface area contributed by atoms with Crippen LogP contribution in [-0.4, -0.2) is 22.7 Å². The summed E-state index contributed by atoms with van der Waals surface area (Å²) in [7, 11) is 0. The van der Waals surface area contributed by atoms with E-state index in [1.807, 2.05) is 36.4 Å². The van der Waals surface area contributed by atoms with Crippen molar-refractivity contribution >= 4 is 33.3 Å². The molecule has 6 rings (SSSR count). The lowest BCUT2D eigenvalue weighted by molar-refractivity contribution is 0.102. The summed E-state index contributed by atoms with van der Waals surface area (Å²) in [5.74, 6) is 1.71. The van der Waals surface area contributed by atoms with E-state index in [1.54, 1.807) is 17.4 Å². The molecular formula is C23H19N3O3S. The molecule has 0 spiro atoms. The Morgan fingerprint density at radius 1 is 1.07 bits per heavy atom.